The number of hydrogen-bond acceptors (Lipinski definition) is 0. The van der Waals surface area contributed by atoms with Gasteiger partial charge in [0.2, 0.25) is 0 Å². The van der Waals surface area contributed by atoms with Gasteiger partial charge in [-0.15, -0.1) is 0 Å². The van der Waals surface area contributed by atoms with Gasteiger partial charge in [0.05, 0.1) is 5.56 Å². The van der Waals surface area contributed by atoms with Gasteiger partial charge in [-0.2, -0.15) is 13.2 Å². The van der Waals surface area contributed by atoms with Crippen LogP contribution in [0.1, 0.15) is 24.1 Å². The molecule has 1 unspecified atom stereocenters. The second-order valence-corrected chi connectivity index (χ2v) is 2.84. The fourth-order valence-corrected chi connectivity index (χ4v) is 0.961. The summed E-state index contributed by atoms with van der Waals surface area (Å²) in [5.74, 6) is 0. The molecule has 1 atom stereocenters. The van der Waals surface area contributed by atoms with Crippen molar-refractivity contribution < 1.29 is 13.2 Å². The van der Waals surface area contributed by atoms with Crippen LogP contribution < -0.4 is 5.73 Å². The van der Waals surface area contributed by atoms with Crippen LogP contribution in [0.25, 0.3) is 0 Å². The van der Waals surface area contributed by atoms with E-state index in [1.165, 1.54) is 12.1 Å². The predicted molar refractivity (Wildman–Crippen MR) is 43.0 cm³/mol. The van der Waals surface area contributed by atoms with Crippen molar-refractivity contribution in [1.29, 1.82) is 0 Å². The van der Waals surface area contributed by atoms with E-state index < -0.39 is 17.8 Å². The summed E-state index contributed by atoms with van der Waals surface area (Å²) in [4.78, 5) is 0. The fraction of sp³-hybridized carbons (Fsp3) is 0.333. The molecule has 1 N–H and O–H groups in total. The van der Waals surface area contributed by atoms with Gasteiger partial charge >= 0.3 is 6.18 Å². The van der Waals surface area contributed by atoms with Gasteiger partial charge in [-0.3, -0.25) is 5.73 Å². The van der Waals surface area contributed by atoms with Crippen LogP contribution in [-0.2, 0) is 6.18 Å². The third-order valence-electron chi connectivity index (χ3n) is 1.74. The molecule has 1 radical (unpaired) electrons. The van der Waals surface area contributed by atoms with Crippen LogP contribution in [0.2, 0.25) is 0 Å². The average molecular weight is 188 g/mol. The maximum Gasteiger partial charge on any atom is 0.416 e. The van der Waals surface area contributed by atoms with Crippen LogP contribution in [0, 0.1) is 0 Å². The summed E-state index contributed by atoms with van der Waals surface area (Å²) in [6.45, 7) is 1.61. The molecule has 0 aromatic heterocycles. The lowest BCUT2D eigenvalue weighted by Crippen LogP contribution is -2.05. The summed E-state index contributed by atoms with van der Waals surface area (Å²) in [7, 11) is 0. The van der Waals surface area contributed by atoms with Crippen molar-refractivity contribution >= 4 is 0 Å². The van der Waals surface area contributed by atoms with Crippen molar-refractivity contribution in [3.05, 3.63) is 35.4 Å². The first-order valence-electron chi connectivity index (χ1n) is 3.79. The van der Waals surface area contributed by atoms with Crippen molar-refractivity contribution in [2.24, 2.45) is 0 Å². The molecule has 1 aromatic carbocycles. The maximum atomic E-state index is 12.1. The molecule has 0 aliphatic carbocycles. The Morgan fingerprint density at radius 3 is 1.92 bits per heavy atom. The Hall–Kier alpha value is -1.03. The molecular weight excluding hydrogens is 179 g/mol. The molecule has 0 aliphatic rings. The van der Waals surface area contributed by atoms with Gasteiger partial charge in [-0.25, -0.2) is 0 Å². The normalized spacial score (nSPS) is 14.2. The lowest BCUT2D eigenvalue weighted by molar-refractivity contribution is -0.137. The molecule has 0 aliphatic heterocycles. The molecule has 1 aromatic rings. The van der Waals surface area contributed by atoms with Gasteiger partial charge in [0.15, 0.2) is 0 Å². The zero-order valence-electron chi connectivity index (χ0n) is 7.02. The van der Waals surface area contributed by atoms with E-state index in [1.807, 2.05) is 0 Å². The SMILES string of the molecule is CC([NH])c1ccc(C(F)(F)F)cc1. The first kappa shape index (κ1) is 10.1. The molecule has 0 bridgehead atoms. The van der Waals surface area contributed by atoms with E-state index in [1.54, 1.807) is 6.92 Å². The molecule has 0 heterocycles. The number of hydrogen-bond donors (Lipinski definition) is 0. The summed E-state index contributed by atoms with van der Waals surface area (Å²) >= 11 is 0. The van der Waals surface area contributed by atoms with Crippen LogP contribution in [0.5, 0.6) is 0 Å². The predicted octanol–water partition coefficient (Wildman–Crippen LogP) is 3.05. The Bertz CT molecular complexity index is 274. The van der Waals surface area contributed by atoms with E-state index in [0.717, 1.165) is 12.1 Å². The second kappa shape index (κ2) is 3.38. The number of rotatable bonds is 1. The van der Waals surface area contributed by atoms with Crippen molar-refractivity contribution in [2.45, 2.75) is 19.1 Å². The average Bonchev–Trinajstić information content (AvgIpc) is 2.03. The van der Waals surface area contributed by atoms with Crippen molar-refractivity contribution in [3.63, 3.8) is 0 Å². The molecular formula is C9H9F3N. The summed E-state index contributed by atoms with van der Waals surface area (Å²) in [6.07, 6.45) is -4.29. The van der Waals surface area contributed by atoms with Gasteiger partial charge in [0, 0.05) is 6.04 Å². The highest BCUT2D eigenvalue weighted by molar-refractivity contribution is 5.26. The molecule has 1 nitrogen and oxygen atoms in total. The largest absolute Gasteiger partial charge is 0.416 e. The summed E-state index contributed by atoms with van der Waals surface area (Å²) in [6, 6.07) is 4.18. The molecule has 0 spiro atoms. The molecule has 0 amide bonds. The van der Waals surface area contributed by atoms with Crippen LogP contribution in [0.15, 0.2) is 24.3 Å². The number of nitrogens with one attached hydrogen (secondary N) is 1. The lowest BCUT2D eigenvalue weighted by Gasteiger charge is -2.08. The van der Waals surface area contributed by atoms with Gasteiger partial charge in [-0.1, -0.05) is 12.1 Å². The maximum absolute atomic E-state index is 12.1. The van der Waals surface area contributed by atoms with Crippen LogP contribution in [-0.4, -0.2) is 0 Å². The quantitative estimate of drug-likeness (QED) is 0.646. The Balaban J connectivity index is 2.94. The number of halogens is 3. The van der Waals surface area contributed by atoms with Crippen LogP contribution >= 0.6 is 0 Å². The molecule has 0 fully saturated rings. The third-order valence-corrected chi connectivity index (χ3v) is 1.74. The Morgan fingerprint density at radius 2 is 1.62 bits per heavy atom. The summed E-state index contributed by atoms with van der Waals surface area (Å²) in [5, 5.41) is 0. The molecule has 71 valence electrons. The molecule has 0 saturated heterocycles. The van der Waals surface area contributed by atoms with Gasteiger partial charge in [0.1, 0.15) is 0 Å². The van der Waals surface area contributed by atoms with Crippen molar-refractivity contribution in [2.75, 3.05) is 0 Å². The highest BCUT2D eigenvalue weighted by atomic mass is 19.4. The van der Waals surface area contributed by atoms with E-state index >= 15 is 0 Å². The zero-order chi connectivity index (χ0) is 10.1. The highest BCUT2D eigenvalue weighted by Gasteiger charge is 2.29. The Kier molecular flexibility index (Phi) is 2.61. The van der Waals surface area contributed by atoms with E-state index in [2.05, 4.69) is 0 Å². The second-order valence-electron chi connectivity index (χ2n) is 2.84. The summed E-state index contributed by atoms with van der Waals surface area (Å²) < 4.78 is 36.2. The smallest absolute Gasteiger partial charge is 0.250 e. The third kappa shape index (κ3) is 2.45. The topological polar surface area (TPSA) is 23.8 Å². The number of alkyl halides is 3. The molecule has 4 heteroatoms. The minimum Gasteiger partial charge on any atom is -0.250 e. The highest BCUT2D eigenvalue weighted by Crippen LogP contribution is 2.29. The van der Waals surface area contributed by atoms with Crippen molar-refractivity contribution in [3.8, 4) is 0 Å². The lowest BCUT2D eigenvalue weighted by atomic mass is 10.1. The minimum atomic E-state index is -4.29. The van der Waals surface area contributed by atoms with E-state index in [9.17, 15) is 13.2 Å². The minimum absolute atomic E-state index is 0.484. The number of benzene rings is 1. The Morgan fingerprint density at radius 1 is 1.15 bits per heavy atom. The standard InChI is InChI=1S/C9H9F3N/c1-6(13)7-2-4-8(5-3-7)9(10,11)12/h2-6,13H,1H3. The molecule has 1 rings (SSSR count). The van der Waals surface area contributed by atoms with Crippen LogP contribution in [0.4, 0.5) is 13.2 Å². The monoisotopic (exact) mass is 188 g/mol. The van der Waals surface area contributed by atoms with Gasteiger partial charge in [-0.05, 0) is 24.6 Å². The van der Waals surface area contributed by atoms with Crippen LogP contribution in [0.3, 0.4) is 0 Å². The molecule has 13 heavy (non-hydrogen) atoms. The summed E-state index contributed by atoms with van der Waals surface area (Å²) in [5.41, 5.74) is 7.19. The zero-order valence-corrected chi connectivity index (χ0v) is 7.02. The fourth-order valence-electron chi connectivity index (χ4n) is 0.961. The molecule has 0 saturated carbocycles. The van der Waals surface area contributed by atoms with E-state index in [0.29, 0.717) is 5.56 Å². The van der Waals surface area contributed by atoms with E-state index in [-0.39, 0.29) is 0 Å². The van der Waals surface area contributed by atoms with Gasteiger partial charge in [0.25, 0.3) is 0 Å². The van der Waals surface area contributed by atoms with Crippen molar-refractivity contribution in [1.82, 2.24) is 5.73 Å². The first-order valence-corrected chi connectivity index (χ1v) is 3.79. The van der Waals surface area contributed by atoms with E-state index in [4.69, 9.17) is 5.73 Å². The first-order chi connectivity index (χ1) is 5.91. The Labute approximate surface area is 74.4 Å². The van der Waals surface area contributed by atoms with Gasteiger partial charge < -0.3 is 0 Å².